The number of aliphatic imine (C=N–C) groups is 1. The van der Waals surface area contributed by atoms with Crippen molar-refractivity contribution < 1.29 is 0 Å². The Morgan fingerprint density at radius 1 is 1.12 bits per heavy atom. The van der Waals surface area contributed by atoms with E-state index >= 15 is 0 Å². The normalized spacial score (nSPS) is 13.5. The van der Waals surface area contributed by atoms with Gasteiger partial charge in [-0.05, 0) is 30.9 Å². The van der Waals surface area contributed by atoms with Crippen molar-refractivity contribution in [2.24, 2.45) is 19.1 Å². The summed E-state index contributed by atoms with van der Waals surface area (Å²) in [4.78, 5) is 13.5. The summed E-state index contributed by atoms with van der Waals surface area (Å²) in [5.74, 6) is 1.11. The van der Waals surface area contributed by atoms with Gasteiger partial charge in [-0.25, -0.2) is 9.97 Å². The van der Waals surface area contributed by atoms with Crippen molar-refractivity contribution in [3.8, 4) is 22.5 Å². The highest BCUT2D eigenvalue weighted by atomic mass is 15.3. The molecule has 34 heavy (non-hydrogen) atoms. The lowest BCUT2D eigenvalue weighted by Gasteiger charge is -2.17. The third-order valence-corrected chi connectivity index (χ3v) is 6.26. The molecule has 1 aromatic carbocycles. The van der Waals surface area contributed by atoms with E-state index in [1.54, 1.807) is 13.3 Å². The first kappa shape index (κ1) is 21.7. The predicted molar refractivity (Wildman–Crippen MR) is 134 cm³/mol. The van der Waals surface area contributed by atoms with Crippen LogP contribution in [-0.4, -0.2) is 49.0 Å². The van der Waals surface area contributed by atoms with Crippen molar-refractivity contribution in [3.05, 3.63) is 59.0 Å². The quantitative estimate of drug-likeness (QED) is 0.431. The molecule has 0 bridgehead atoms. The van der Waals surface area contributed by atoms with Crippen LogP contribution in [0.25, 0.3) is 22.5 Å². The fourth-order valence-corrected chi connectivity index (χ4v) is 4.44. The fraction of sp³-hybridized carbons (Fsp3) is 0.280. The molecular formula is C25H27N9. The molecule has 0 radical (unpaired) electrons. The van der Waals surface area contributed by atoms with Gasteiger partial charge in [-0.15, -0.1) is 0 Å². The smallest absolute Gasteiger partial charge is 0.228 e. The lowest BCUT2D eigenvalue weighted by Crippen LogP contribution is -2.08. The molecule has 0 amide bonds. The fourth-order valence-electron chi connectivity index (χ4n) is 4.44. The minimum Gasteiger partial charge on any atom is -0.312 e. The second-order valence-electron chi connectivity index (χ2n) is 8.50. The van der Waals surface area contributed by atoms with Crippen LogP contribution in [-0.2, 0) is 26.9 Å². The highest BCUT2D eigenvalue weighted by Gasteiger charge is 2.27. The van der Waals surface area contributed by atoms with E-state index in [1.165, 1.54) is 6.21 Å². The maximum absolute atomic E-state index is 7.69. The van der Waals surface area contributed by atoms with Crippen molar-refractivity contribution in [2.75, 3.05) is 12.4 Å². The van der Waals surface area contributed by atoms with Crippen molar-refractivity contribution >= 4 is 24.2 Å². The standard InChI is InChI=1S/C25H27N9/c1-15-11-21(32-33(15)3)29-25-28-14-18-9-10-20-22(23(18)30-25)24(34(4)31-20)17-7-5-16(6-8-17)19(12-26)13-27-2/h5-8,11-14,19,26H,9-10H2,1-4H3,(H,28,29,30,32). The Morgan fingerprint density at radius 2 is 1.91 bits per heavy atom. The van der Waals surface area contributed by atoms with Crippen LogP contribution in [0.4, 0.5) is 11.8 Å². The molecule has 0 spiro atoms. The van der Waals surface area contributed by atoms with E-state index < -0.39 is 0 Å². The molecule has 0 fully saturated rings. The monoisotopic (exact) mass is 453 g/mol. The summed E-state index contributed by atoms with van der Waals surface area (Å²) in [5, 5.41) is 20.2. The van der Waals surface area contributed by atoms with E-state index in [2.05, 4.69) is 32.5 Å². The summed E-state index contributed by atoms with van der Waals surface area (Å²) in [5.41, 5.74) is 8.28. The van der Waals surface area contributed by atoms with Crippen LogP contribution in [0.5, 0.6) is 0 Å². The van der Waals surface area contributed by atoms with Crippen LogP contribution in [0.2, 0.25) is 0 Å². The molecule has 1 aliphatic rings. The van der Waals surface area contributed by atoms with E-state index in [0.29, 0.717) is 11.8 Å². The Labute approximate surface area is 198 Å². The van der Waals surface area contributed by atoms with E-state index in [-0.39, 0.29) is 5.92 Å². The molecule has 3 heterocycles. The third-order valence-electron chi connectivity index (χ3n) is 6.26. The largest absolute Gasteiger partial charge is 0.312 e. The number of fused-ring (bicyclic) bond motifs is 3. The Morgan fingerprint density at radius 3 is 2.59 bits per heavy atom. The van der Waals surface area contributed by atoms with Gasteiger partial charge >= 0.3 is 0 Å². The first-order valence-electron chi connectivity index (χ1n) is 11.2. The van der Waals surface area contributed by atoms with E-state index in [1.807, 2.05) is 54.8 Å². The molecule has 4 aromatic rings. The Bertz CT molecular complexity index is 1370. The molecule has 172 valence electrons. The van der Waals surface area contributed by atoms with Gasteiger partial charge in [-0.1, -0.05) is 24.3 Å². The average molecular weight is 454 g/mol. The molecule has 2 N–H and O–H groups in total. The zero-order valence-electron chi connectivity index (χ0n) is 19.7. The first-order chi connectivity index (χ1) is 16.5. The zero-order chi connectivity index (χ0) is 23.8. The summed E-state index contributed by atoms with van der Waals surface area (Å²) < 4.78 is 3.75. The van der Waals surface area contributed by atoms with Gasteiger partial charge in [0.05, 0.1) is 23.0 Å². The van der Waals surface area contributed by atoms with Gasteiger partial charge in [0.2, 0.25) is 5.95 Å². The van der Waals surface area contributed by atoms with Crippen LogP contribution >= 0.6 is 0 Å². The van der Waals surface area contributed by atoms with Gasteiger partial charge in [0.25, 0.3) is 0 Å². The third kappa shape index (κ3) is 3.79. The highest BCUT2D eigenvalue weighted by molar-refractivity contribution is 5.89. The molecule has 0 saturated carbocycles. The zero-order valence-corrected chi connectivity index (χ0v) is 19.7. The van der Waals surface area contributed by atoms with Crippen molar-refractivity contribution in [1.82, 2.24) is 29.5 Å². The minimum atomic E-state index is -0.128. The van der Waals surface area contributed by atoms with Crippen molar-refractivity contribution in [2.45, 2.75) is 25.7 Å². The molecule has 3 aromatic heterocycles. The summed E-state index contributed by atoms with van der Waals surface area (Å²) in [6, 6.07) is 10.2. The maximum atomic E-state index is 7.69. The van der Waals surface area contributed by atoms with E-state index in [9.17, 15) is 0 Å². The van der Waals surface area contributed by atoms with Crippen LogP contribution < -0.4 is 5.32 Å². The Kier molecular flexibility index (Phi) is 5.53. The number of aromatic nitrogens is 6. The van der Waals surface area contributed by atoms with Crippen LogP contribution in [0, 0.1) is 12.3 Å². The minimum absolute atomic E-state index is 0.128. The lowest BCUT2D eigenvalue weighted by molar-refractivity contribution is 0.741. The molecule has 0 saturated heterocycles. The highest BCUT2D eigenvalue weighted by Crippen LogP contribution is 2.39. The summed E-state index contributed by atoms with van der Waals surface area (Å²) in [6.07, 6.45) is 6.80. The van der Waals surface area contributed by atoms with Crippen molar-refractivity contribution in [1.29, 1.82) is 5.41 Å². The number of hydrogen-bond acceptors (Lipinski definition) is 7. The van der Waals surface area contributed by atoms with Gasteiger partial charge in [0, 0.05) is 62.7 Å². The average Bonchev–Trinajstić information content (AvgIpc) is 3.34. The first-order valence-corrected chi connectivity index (χ1v) is 11.2. The summed E-state index contributed by atoms with van der Waals surface area (Å²) in [6.45, 7) is 2.00. The van der Waals surface area contributed by atoms with Gasteiger partial charge in [0.15, 0.2) is 5.82 Å². The number of anilines is 2. The second-order valence-corrected chi connectivity index (χ2v) is 8.50. The number of benzene rings is 1. The Hall–Kier alpha value is -4.14. The van der Waals surface area contributed by atoms with Gasteiger partial charge in [0.1, 0.15) is 0 Å². The molecule has 5 rings (SSSR count). The van der Waals surface area contributed by atoms with E-state index in [0.717, 1.165) is 57.9 Å². The topological polar surface area (TPSA) is 110 Å². The second kappa shape index (κ2) is 8.66. The molecule has 1 unspecified atom stereocenters. The lowest BCUT2D eigenvalue weighted by atomic mass is 9.91. The SMILES string of the molecule is CN=CC(C=N)c1ccc(-c2c3c(nn2C)CCc2cnc(Nc4cc(C)n(C)n4)nc2-3)cc1. The molecule has 1 aliphatic carbocycles. The summed E-state index contributed by atoms with van der Waals surface area (Å²) in [7, 11) is 5.61. The molecule has 1 atom stereocenters. The van der Waals surface area contributed by atoms with Crippen molar-refractivity contribution in [3.63, 3.8) is 0 Å². The number of nitrogens with zero attached hydrogens (tertiary/aromatic N) is 7. The molecule has 9 nitrogen and oxygen atoms in total. The maximum Gasteiger partial charge on any atom is 0.228 e. The van der Waals surface area contributed by atoms with Gasteiger partial charge in [-0.3, -0.25) is 14.4 Å². The number of aryl methyl sites for hydroxylation is 5. The van der Waals surface area contributed by atoms with Gasteiger partial charge in [-0.2, -0.15) is 10.2 Å². The van der Waals surface area contributed by atoms with Crippen LogP contribution in [0.3, 0.4) is 0 Å². The molecule has 0 aliphatic heterocycles. The molecule has 9 heteroatoms. The van der Waals surface area contributed by atoms with Crippen LogP contribution in [0.1, 0.15) is 28.4 Å². The predicted octanol–water partition coefficient (Wildman–Crippen LogP) is 3.86. The summed E-state index contributed by atoms with van der Waals surface area (Å²) >= 11 is 0. The Balaban J connectivity index is 1.55. The van der Waals surface area contributed by atoms with Gasteiger partial charge < -0.3 is 10.7 Å². The van der Waals surface area contributed by atoms with E-state index in [4.69, 9.17) is 15.5 Å². The number of rotatable bonds is 6. The number of nitrogens with one attached hydrogen (secondary N) is 2. The van der Waals surface area contributed by atoms with Crippen LogP contribution in [0.15, 0.2) is 41.5 Å². The number of hydrogen-bond donors (Lipinski definition) is 2. The molecular weight excluding hydrogens is 426 g/mol.